The first-order valence-electron chi connectivity index (χ1n) is 8.94. The Kier molecular flexibility index (Phi) is 8.47. The predicted molar refractivity (Wildman–Crippen MR) is 102 cm³/mol. The summed E-state index contributed by atoms with van der Waals surface area (Å²) in [5.41, 5.74) is 0. The van der Waals surface area contributed by atoms with Crippen molar-refractivity contribution >= 4 is 40.2 Å². The van der Waals surface area contributed by atoms with Crippen LogP contribution in [0, 0.1) is 0 Å². The fourth-order valence-corrected chi connectivity index (χ4v) is 4.51. The maximum atomic E-state index is 12.2. The molecule has 1 fully saturated rings. The minimum absolute atomic E-state index is 0.185. The molecular weight excluding hydrogens is 358 g/mol. The zero-order valence-corrected chi connectivity index (χ0v) is 16.5. The van der Waals surface area contributed by atoms with E-state index in [4.69, 9.17) is 0 Å². The van der Waals surface area contributed by atoms with Gasteiger partial charge in [0.2, 0.25) is 11.0 Å². The van der Waals surface area contributed by atoms with Crippen molar-refractivity contribution < 1.29 is 9.59 Å². The number of nitrogens with zero attached hydrogens (tertiary/aromatic N) is 2. The molecule has 1 saturated carbocycles. The Hall–Kier alpha value is -1.35. The fraction of sp³-hybridized carbons (Fsp3) is 0.750. The number of urea groups is 1. The molecule has 1 aliphatic carbocycles. The van der Waals surface area contributed by atoms with E-state index in [1.807, 2.05) is 0 Å². The summed E-state index contributed by atoms with van der Waals surface area (Å²) in [6.45, 7) is 4.76. The molecule has 0 spiro atoms. The number of hydrogen-bond acceptors (Lipinski definition) is 7. The van der Waals surface area contributed by atoms with Gasteiger partial charge in [-0.3, -0.25) is 10.1 Å². The molecule has 140 valence electrons. The highest BCUT2D eigenvalue weighted by Gasteiger charge is 2.21. The van der Waals surface area contributed by atoms with Crippen LogP contribution in [-0.4, -0.2) is 40.0 Å². The molecule has 0 aromatic carbocycles. The fourth-order valence-electron chi connectivity index (χ4n) is 2.59. The largest absolute Gasteiger partial charge is 0.360 e. The lowest BCUT2D eigenvalue weighted by Gasteiger charge is -2.22. The van der Waals surface area contributed by atoms with E-state index >= 15 is 0 Å². The summed E-state index contributed by atoms with van der Waals surface area (Å²) in [7, 11) is 0. The number of anilines is 1. The van der Waals surface area contributed by atoms with Crippen LogP contribution in [0.1, 0.15) is 58.8 Å². The number of nitrogens with one attached hydrogen (secondary N) is 3. The molecule has 1 aromatic rings. The van der Waals surface area contributed by atoms with Gasteiger partial charge in [0, 0.05) is 12.6 Å². The first-order chi connectivity index (χ1) is 12.1. The summed E-state index contributed by atoms with van der Waals surface area (Å²) >= 11 is 2.74. The van der Waals surface area contributed by atoms with Crippen LogP contribution in [0.5, 0.6) is 0 Å². The van der Waals surface area contributed by atoms with Crippen LogP contribution in [0.15, 0.2) is 4.34 Å². The van der Waals surface area contributed by atoms with Gasteiger partial charge >= 0.3 is 6.03 Å². The van der Waals surface area contributed by atoms with Crippen LogP contribution < -0.4 is 16.0 Å². The average Bonchev–Trinajstić information content (AvgIpc) is 3.03. The Morgan fingerprint density at radius 1 is 1.28 bits per heavy atom. The van der Waals surface area contributed by atoms with Gasteiger partial charge in [0.15, 0.2) is 4.34 Å². The second kappa shape index (κ2) is 10.6. The van der Waals surface area contributed by atoms with Crippen molar-refractivity contribution in [2.75, 3.05) is 11.9 Å². The van der Waals surface area contributed by atoms with Crippen molar-refractivity contribution in [3.05, 3.63) is 0 Å². The van der Waals surface area contributed by atoms with Crippen molar-refractivity contribution in [3.63, 3.8) is 0 Å². The molecule has 1 atom stereocenters. The molecule has 0 saturated heterocycles. The maximum Gasteiger partial charge on any atom is 0.321 e. The lowest BCUT2D eigenvalue weighted by atomic mass is 9.96. The van der Waals surface area contributed by atoms with E-state index in [0.717, 1.165) is 50.2 Å². The third kappa shape index (κ3) is 7.19. The Labute approximate surface area is 157 Å². The summed E-state index contributed by atoms with van der Waals surface area (Å²) in [5.74, 6) is -0.311. The number of unbranched alkanes of at least 4 members (excludes halogenated alkanes) is 1. The highest BCUT2D eigenvalue weighted by atomic mass is 32.2. The highest BCUT2D eigenvalue weighted by molar-refractivity contribution is 8.02. The van der Waals surface area contributed by atoms with Crippen LogP contribution in [-0.2, 0) is 4.79 Å². The van der Waals surface area contributed by atoms with Crippen molar-refractivity contribution in [3.8, 4) is 0 Å². The summed E-state index contributed by atoms with van der Waals surface area (Å²) in [5, 5.41) is 17.0. The molecule has 3 N–H and O–H groups in total. The third-order valence-corrected chi connectivity index (χ3v) is 6.10. The minimum Gasteiger partial charge on any atom is -0.360 e. The second-order valence-electron chi connectivity index (χ2n) is 6.21. The molecule has 0 unspecified atom stereocenters. The SMILES string of the molecule is CCCCNc1nnc(S[C@H](C)C(=O)NC(=O)NC2CCCCC2)s1. The molecule has 0 aliphatic heterocycles. The number of imide groups is 1. The normalized spacial score (nSPS) is 16.2. The molecule has 0 radical (unpaired) electrons. The van der Waals surface area contributed by atoms with Crippen LogP contribution in [0.2, 0.25) is 0 Å². The molecule has 1 aromatic heterocycles. The zero-order valence-electron chi connectivity index (χ0n) is 14.8. The standard InChI is InChI=1S/C16H27N5O2S2/c1-3-4-10-17-15-20-21-16(25-15)24-11(2)13(22)19-14(23)18-12-8-6-5-7-9-12/h11-12H,3-10H2,1-2H3,(H,17,20)(H2,18,19,22,23)/t11-/m1/s1. The van der Waals surface area contributed by atoms with E-state index in [1.165, 1.54) is 29.5 Å². The number of carbonyl (C=O) groups is 2. The first kappa shape index (κ1) is 20.0. The van der Waals surface area contributed by atoms with E-state index in [1.54, 1.807) is 6.92 Å². The Balaban J connectivity index is 1.72. The smallest absolute Gasteiger partial charge is 0.321 e. The van der Waals surface area contributed by atoms with Gasteiger partial charge < -0.3 is 10.6 Å². The molecule has 7 nitrogen and oxygen atoms in total. The van der Waals surface area contributed by atoms with Gasteiger partial charge in [-0.15, -0.1) is 10.2 Å². The number of amides is 3. The van der Waals surface area contributed by atoms with Crippen molar-refractivity contribution in [2.45, 2.75) is 74.4 Å². The summed E-state index contributed by atoms with van der Waals surface area (Å²) in [6, 6.07) is -0.215. The predicted octanol–water partition coefficient (Wildman–Crippen LogP) is 3.39. The number of aromatic nitrogens is 2. The van der Waals surface area contributed by atoms with Crippen molar-refractivity contribution in [1.82, 2.24) is 20.8 Å². The lowest BCUT2D eigenvalue weighted by Crippen LogP contribution is -2.47. The highest BCUT2D eigenvalue weighted by Crippen LogP contribution is 2.28. The van der Waals surface area contributed by atoms with Crippen LogP contribution in [0.3, 0.4) is 0 Å². The Morgan fingerprint density at radius 3 is 2.76 bits per heavy atom. The average molecular weight is 386 g/mol. The van der Waals surface area contributed by atoms with Gasteiger partial charge in [0.1, 0.15) is 0 Å². The Bertz CT molecular complexity index is 560. The molecule has 2 rings (SSSR count). The summed E-state index contributed by atoms with van der Waals surface area (Å²) < 4.78 is 0.717. The van der Waals surface area contributed by atoms with Crippen LogP contribution in [0.25, 0.3) is 0 Å². The van der Waals surface area contributed by atoms with Crippen molar-refractivity contribution in [2.24, 2.45) is 0 Å². The monoisotopic (exact) mass is 385 g/mol. The van der Waals surface area contributed by atoms with E-state index in [-0.39, 0.29) is 11.9 Å². The maximum absolute atomic E-state index is 12.2. The Morgan fingerprint density at radius 2 is 2.04 bits per heavy atom. The number of hydrogen-bond donors (Lipinski definition) is 3. The number of carbonyl (C=O) groups excluding carboxylic acids is 2. The van der Waals surface area contributed by atoms with E-state index in [0.29, 0.717) is 4.34 Å². The van der Waals surface area contributed by atoms with E-state index in [2.05, 4.69) is 33.1 Å². The minimum atomic E-state index is -0.409. The topological polar surface area (TPSA) is 96.0 Å². The number of rotatable bonds is 8. The molecule has 9 heteroatoms. The van der Waals surface area contributed by atoms with Gasteiger partial charge in [0.05, 0.1) is 5.25 Å². The summed E-state index contributed by atoms with van der Waals surface area (Å²) in [6.07, 6.45) is 7.68. The van der Waals surface area contributed by atoms with E-state index < -0.39 is 11.3 Å². The summed E-state index contributed by atoms with van der Waals surface area (Å²) in [4.78, 5) is 24.1. The van der Waals surface area contributed by atoms with Gasteiger partial charge in [-0.25, -0.2) is 4.79 Å². The molecular formula is C16H27N5O2S2. The molecule has 3 amide bonds. The van der Waals surface area contributed by atoms with Crippen LogP contribution >= 0.6 is 23.1 Å². The molecule has 25 heavy (non-hydrogen) atoms. The lowest BCUT2D eigenvalue weighted by molar-refractivity contribution is -0.119. The molecule has 1 aliphatic rings. The van der Waals surface area contributed by atoms with Gasteiger partial charge in [-0.1, -0.05) is 55.7 Å². The number of thioether (sulfide) groups is 1. The van der Waals surface area contributed by atoms with Crippen molar-refractivity contribution in [1.29, 1.82) is 0 Å². The van der Waals surface area contributed by atoms with E-state index in [9.17, 15) is 9.59 Å². The second-order valence-corrected chi connectivity index (χ2v) is 8.78. The molecule has 0 bridgehead atoms. The zero-order chi connectivity index (χ0) is 18.1. The third-order valence-electron chi connectivity index (χ3n) is 4.04. The van der Waals surface area contributed by atoms with Crippen LogP contribution in [0.4, 0.5) is 9.93 Å². The van der Waals surface area contributed by atoms with Gasteiger partial charge in [0.25, 0.3) is 0 Å². The first-order valence-corrected chi connectivity index (χ1v) is 10.6. The molecule has 1 heterocycles. The van der Waals surface area contributed by atoms with Gasteiger partial charge in [-0.05, 0) is 26.2 Å². The van der Waals surface area contributed by atoms with Gasteiger partial charge in [-0.2, -0.15) is 0 Å². The quantitative estimate of drug-likeness (QED) is 0.469.